The molecule has 5 nitrogen and oxygen atoms in total. The summed E-state index contributed by atoms with van der Waals surface area (Å²) in [5, 5.41) is 4.38. The Bertz CT molecular complexity index is 715. The molecule has 0 radical (unpaired) electrons. The Morgan fingerprint density at radius 2 is 2.16 bits per heavy atom. The maximum atomic E-state index is 12.5. The Labute approximate surface area is 113 Å². The number of sulfonamides is 1. The van der Waals surface area contributed by atoms with Crippen molar-refractivity contribution in [1.82, 2.24) is 9.78 Å². The molecule has 104 valence electrons. The maximum Gasteiger partial charge on any atom is 0.257 e. The number of halogens is 3. The van der Waals surface area contributed by atoms with Gasteiger partial charge < -0.3 is 0 Å². The van der Waals surface area contributed by atoms with Gasteiger partial charge in [-0.2, -0.15) is 5.10 Å². The average molecular weight is 310 g/mol. The fourth-order valence-electron chi connectivity index (χ4n) is 1.70. The molecule has 0 unspecified atom stereocenters. The van der Waals surface area contributed by atoms with Crippen molar-refractivity contribution in [3.63, 3.8) is 0 Å². The van der Waals surface area contributed by atoms with Crippen LogP contribution >= 0.6 is 11.6 Å². The largest absolute Gasteiger partial charge is 0.266 e. The summed E-state index contributed by atoms with van der Waals surface area (Å²) >= 11 is 5.97. The van der Waals surface area contributed by atoms with E-state index >= 15 is 0 Å². The lowest BCUT2D eigenvalue weighted by Gasteiger charge is -2.01. The first-order valence-corrected chi connectivity index (χ1v) is 7.46. The van der Waals surface area contributed by atoms with E-state index in [-0.39, 0.29) is 10.8 Å². The van der Waals surface area contributed by atoms with Crippen LogP contribution in [0, 0.1) is 0 Å². The predicted molar refractivity (Wildman–Crippen MR) is 69.2 cm³/mol. The van der Waals surface area contributed by atoms with E-state index in [9.17, 15) is 17.2 Å². The van der Waals surface area contributed by atoms with E-state index in [1.165, 1.54) is 6.07 Å². The number of hydrogen-bond donors (Lipinski definition) is 1. The van der Waals surface area contributed by atoms with E-state index in [4.69, 9.17) is 11.6 Å². The molecule has 0 fully saturated rings. The van der Waals surface area contributed by atoms with Crippen molar-refractivity contribution in [2.24, 2.45) is 0 Å². The van der Waals surface area contributed by atoms with E-state index < -0.39 is 23.0 Å². The molecule has 0 atom stereocenters. The topological polar surface area (TPSA) is 64.0 Å². The lowest BCUT2D eigenvalue weighted by molar-refractivity contribution is 0.123. The van der Waals surface area contributed by atoms with Gasteiger partial charge in [-0.25, -0.2) is 17.2 Å². The quantitative estimate of drug-likeness (QED) is 0.942. The Balaban J connectivity index is 2.63. The highest BCUT2D eigenvalue weighted by Crippen LogP contribution is 2.30. The van der Waals surface area contributed by atoms with Gasteiger partial charge in [0, 0.05) is 0 Å². The second-order valence-electron chi connectivity index (χ2n) is 3.93. The Hall–Kier alpha value is -1.41. The zero-order valence-corrected chi connectivity index (χ0v) is 11.3. The van der Waals surface area contributed by atoms with Gasteiger partial charge >= 0.3 is 0 Å². The van der Waals surface area contributed by atoms with Crippen molar-refractivity contribution < 1.29 is 17.2 Å². The minimum Gasteiger partial charge on any atom is -0.266 e. The molecule has 0 saturated heterocycles. The first-order valence-electron chi connectivity index (χ1n) is 5.19. The van der Waals surface area contributed by atoms with Crippen molar-refractivity contribution in [1.29, 1.82) is 0 Å². The van der Waals surface area contributed by atoms with Crippen LogP contribution in [0.1, 0.15) is 0 Å². The highest BCUT2D eigenvalue weighted by atomic mass is 35.5. The summed E-state index contributed by atoms with van der Waals surface area (Å²) in [5.41, 5.74) is 0.346. The van der Waals surface area contributed by atoms with Crippen molar-refractivity contribution in [2.75, 3.05) is 11.0 Å². The molecule has 0 aliphatic heterocycles. The van der Waals surface area contributed by atoms with Crippen LogP contribution in [0.2, 0.25) is 5.02 Å². The van der Waals surface area contributed by atoms with Gasteiger partial charge in [-0.1, -0.05) is 17.7 Å². The van der Waals surface area contributed by atoms with Crippen molar-refractivity contribution in [2.45, 2.75) is 13.0 Å². The van der Waals surface area contributed by atoms with Crippen LogP contribution in [0.4, 0.5) is 14.6 Å². The summed E-state index contributed by atoms with van der Waals surface area (Å²) in [6.07, 6.45) is -1.66. The summed E-state index contributed by atoms with van der Waals surface area (Å²) < 4.78 is 50.6. The number of nitrogens with one attached hydrogen (secondary N) is 1. The maximum absolute atomic E-state index is 12.5. The molecule has 0 saturated carbocycles. The van der Waals surface area contributed by atoms with E-state index in [1.807, 2.05) is 0 Å². The zero-order chi connectivity index (χ0) is 14.2. The smallest absolute Gasteiger partial charge is 0.257 e. The molecule has 2 aromatic rings. The summed E-state index contributed by atoms with van der Waals surface area (Å²) in [6, 6.07) is 4.66. The molecule has 1 aromatic heterocycles. The molecule has 0 aliphatic carbocycles. The molecule has 0 aliphatic rings. The number of hydrogen-bond acceptors (Lipinski definition) is 3. The second kappa shape index (κ2) is 4.93. The lowest BCUT2D eigenvalue weighted by atomic mass is 10.2. The van der Waals surface area contributed by atoms with Crippen molar-refractivity contribution >= 4 is 38.3 Å². The van der Waals surface area contributed by atoms with Crippen LogP contribution < -0.4 is 4.72 Å². The summed E-state index contributed by atoms with van der Waals surface area (Å²) in [6.45, 7) is -0.637. The van der Waals surface area contributed by atoms with Gasteiger partial charge in [0.15, 0.2) is 5.82 Å². The SMILES string of the molecule is CS(=O)(=O)Nc1nn(CC(F)F)c2cccc(Cl)c12. The standard InChI is InChI=1S/C10H10ClF2N3O2S/c1-19(17,18)15-10-9-6(11)3-2-4-7(9)16(14-10)5-8(12)13/h2-4,8H,5H2,1H3,(H,14,15). The van der Waals surface area contributed by atoms with E-state index in [1.54, 1.807) is 12.1 Å². The predicted octanol–water partition coefficient (Wildman–Crippen LogP) is 2.33. The highest BCUT2D eigenvalue weighted by molar-refractivity contribution is 7.92. The van der Waals surface area contributed by atoms with Crippen molar-refractivity contribution in [3.05, 3.63) is 23.2 Å². The molecule has 1 aromatic carbocycles. The molecule has 2 rings (SSSR count). The molecule has 1 heterocycles. The zero-order valence-electron chi connectivity index (χ0n) is 9.77. The van der Waals surface area contributed by atoms with E-state index in [2.05, 4.69) is 9.82 Å². The minimum absolute atomic E-state index is 0.0521. The van der Waals surface area contributed by atoms with Gasteiger partial charge in [0.1, 0.15) is 6.54 Å². The number of anilines is 1. The minimum atomic E-state index is -3.57. The summed E-state index contributed by atoms with van der Waals surface area (Å²) in [4.78, 5) is 0. The highest BCUT2D eigenvalue weighted by Gasteiger charge is 2.18. The van der Waals surface area contributed by atoms with E-state index in [0.717, 1.165) is 10.9 Å². The first kappa shape index (κ1) is 14.0. The summed E-state index contributed by atoms with van der Waals surface area (Å²) in [5.74, 6) is -0.0521. The third kappa shape index (κ3) is 3.13. The fraction of sp³-hybridized carbons (Fsp3) is 0.300. The molecular weight excluding hydrogens is 300 g/mol. The van der Waals surface area contributed by atoms with Gasteiger partial charge in [-0.15, -0.1) is 0 Å². The van der Waals surface area contributed by atoms with Gasteiger partial charge in [0.05, 0.1) is 22.2 Å². The molecule has 0 bridgehead atoms. The molecule has 9 heteroatoms. The van der Waals surface area contributed by atoms with Crippen LogP contribution in [0.5, 0.6) is 0 Å². The number of rotatable bonds is 4. The van der Waals surface area contributed by atoms with Crippen LogP contribution in [-0.4, -0.2) is 30.9 Å². The van der Waals surface area contributed by atoms with Gasteiger partial charge in [-0.05, 0) is 12.1 Å². The monoisotopic (exact) mass is 309 g/mol. The Kier molecular flexibility index (Phi) is 3.64. The van der Waals surface area contributed by atoms with Crippen molar-refractivity contribution in [3.8, 4) is 0 Å². The van der Waals surface area contributed by atoms with Crippen LogP contribution in [0.25, 0.3) is 10.9 Å². The second-order valence-corrected chi connectivity index (χ2v) is 6.09. The first-order chi connectivity index (χ1) is 8.78. The third-order valence-electron chi connectivity index (χ3n) is 2.32. The molecule has 0 amide bonds. The Morgan fingerprint density at radius 3 is 2.74 bits per heavy atom. The van der Waals surface area contributed by atoms with Gasteiger partial charge in [0.25, 0.3) is 6.43 Å². The average Bonchev–Trinajstić information content (AvgIpc) is 2.55. The molecular formula is C10H10ClF2N3O2S. The fourth-order valence-corrected chi connectivity index (χ4v) is 2.46. The third-order valence-corrected chi connectivity index (χ3v) is 3.20. The molecule has 19 heavy (non-hydrogen) atoms. The number of fused-ring (bicyclic) bond motifs is 1. The van der Waals surface area contributed by atoms with Crippen LogP contribution in [0.3, 0.4) is 0 Å². The lowest BCUT2D eigenvalue weighted by Crippen LogP contribution is -2.12. The van der Waals surface area contributed by atoms with Crippen LogP contribution in [0.15, 0.2) is 18.2 Å². The Morgan fingerprint density at radius 1 is 1.47 bits per heavy atom. The molecule has 1 N–H and O–H groups in total. The van der Waals surface area contributed by atoms with Crippen LogP contribution in [-0.2, 0) is 16.6 Å². The van der Waals surface area contributed by atoms with Gasteiger partial charge in [-0.3, -0.25) is 9.40 Å². The number of alkyl halides is 2. The summed E-state index contributed by atoms with van der Waals surface area (Å²) in [7, 11) is -3.57. The number of benzene rings is 1. The number of aromatic nitrogens is 2. The van der Waals surface area contributed by atoms with Gasteiger partial charge in [0.2, 0.25) is 10.0 Å². The normalized spacial score (nSPS) is 12.3. The van der Waals surface area contributed by atoms with E-state index in [0.29, 0.717) is 10.9 Å². The molecule has 0 spiro atoms. The number of nitrogens with zero attached hydrogens (tertiary/aromatic N) is 2.